The monoisotopic (exact) mass is 218 g/mol. The van der Waals surface area contributed by atoms with Crippen LogP contribution in [0.3, 0.4) is 0 Å². The standard InChI is InChI=1S/C10H22N2OS/c1-9(2)14-8-10(13)7-12-5-3-11-4-6-12/h9-11,13H,3-8H2,1-2H3. The van der Waals surface area contributed by atoms with E-state index in [0.717, 1.165) is 38.5 Å². The Morgan fingerprint density at radius 3 is 2.57 bits per heavy atom. The van der Waals surface area contributed by atoms with Gasteiger partial charge in [-0.1, -0.05) is 13.8 Å². The molecule has 84 valence electrons. The summed E-state index contributed by atoms with van der Waals surface area (Å²) in [6.45, 7) is 9.44. The smallest absolute Gasteiger partial charge is 0.0757 e. The maximum Gasteiger partial charge on any atom is 0.0757 e. The maximum absolute atomic E-state index is 9.77. The molecule has 1 atom stereocenters. The Morgan fingerprint density at radius 2 is 2.00 bits per heavy atom. The number of hydrogen-bond donors (Lipinski definition) is 2. The minimum Gasteiger partial charge on any atom is -0.391 e. The van der Waals surface area contributed by atoms with Crippen molar-refractivity contribution in [2.75, 3.05) is 38.5 Å². The molecular formula is C10H22N2OS. The van der Waals surface area contributed by atoms with Crippen LogP contribution >= 0.6 is 11.8 Å². The molecule has 2 N–H and O–H groups in total. The van der Waals surface area contributed by atoms with Gasteiger partial charge >= 0.3 is 0 Å². The SMILES string of the molecule is CC(C)SCC(O)CN1CCNCC1. The quantitative estimate of drug-likeness (QED) is 0.700. The third kappa shape index (κ3) is 5.20. The molecule has 14 heavy (non-hydrogen) atoms. The third-order valence-corrected chi connectivity index (χ3v) is 3.54. The van der Waals surface area contributed by atoms with Crippen molar-refractivity contribution in [3.8, 4) is 0 Å². The zero-order valence-electron chi connectivity index (χ0n) is 9.20. The highest BCUT2D eigenvalue weighted by Gasteiger charge is 2.14. The average Bonchev–Trinajstić information content (AvgIpc) is 2.16. The minimum absolute atomic E-state index is 0.166. The van der Waals surface area contributed by atoms with Crippen LogP contribution in [0, 0.1) is 0 Å². The second-order valence-corrected chi connectivity index (χ2v) is 5.70. The molecule has 0 saturated carbocycles. The van der Waals surface area contributed by atoms with Gasteiger partial charge in [0.15, 0.2) is 0 Å². The van der Waals surface area contributed by atoms with Crippen molar-refractivity contribution in [2.24, 2.45) is 0 Å². The van der Waals surface area contributed by atoms with Crippen LogP contribution in [0.25, 0.3) is 0 Å². The molecule has 0 aromatic rings. The molecule has 1 aliphatic heterocycles. The van der Waals surface area contributed by atoms with Crippen LogP contribution in [0.1, 0.15) is 13.8 Å². The van der Waals surface area contributed by atoms with E-state index in [-0.39, 0.29) is 6.10 Å². The lowest BCUT2D eigenvalue weighted by atomic mass is 10.3. The Morgan fingerprint density at radius 1 is 1.36 bits per heavy atom. The van der Waals surface area contributed by atoms with E-state index in [0.29, 0.717) is 5.25 Å². The summed E-state index contributed by atoms with van der Waals surface area (Å²) in [7, 11) is 0. The molecule has 4 heteroatoms. The molecule has 1 saturated heterocycles. The fourth-order valence-corrected chi connectivity index (χ4v) is 2.26. The highest BCUT2D eigenvalue weighted by Crippen LogP contribution is 2.11. The second-order valence-electron chi connectivity index (χ2n) is 4.09. The Kier molecular flexibility index (Phi) is 5.86. The highest BCUT2D eigenvalue weighted by atomic mass is 32.2. The first kappa shape index (κ1) is 12.3. The fraction of sp³-hybridized carbons (Fsp3) is 1.00. The van der Waals surface area contributed by atoms with Crippen molar-refractivity contribution in [3.05, 3.63) is 0 Å². The average molecular weight is 218 g/mol. The first-order valence-electron chi connectivity index (χ1n) is 5.41. The molecule has 1 heterocycles. The molecule has 0 aromatic carbocycles. The predicted molar refractivity (Wildman–Crippen MR) is 62.9 cm³/mol. The number of hydrogen-bond acceptors (Lipinski definition) is 4. The van der Waals surface area contributed by atoms with Crippen molar-refractivity contribution < 1.29 is 5.11 Å². The van der Waals surface area contributed by atoms with Crippen LogP contribution in [0.2, 0.25) is 0 Å². The molecule has 3 nitrogen and oxygen atoms in total. The maximum atomic E-state index is 9.77. The molecule has 0 amide bonds. The summed E-state index contributed by atoms with van der Waals surface area (Å²) in [5.41, 5.74) is 0. The summed E-state index contributed by atoms with van der Waals surface area (Å²) in [6.07, 6.45) is -0.166. The fourth-order valence-electron chi connectivity index (χ4n) is 1.55. The number of nitrogens with one attached hydrogen (secondary N) is 1. The van der Waals surface area contributed by atoms with E-state index in [9.17, 15) is 5.11 Å². The molecular weight excluding hydrogens is 196 g/mol. The van der Waals surface area contributed by atoms with Crippen molar-refractivity contribution in [1.29, 1.82) is 0 Å². The van der Waals surface area contributed by atoms with Gasteiger partial charge in [0.05, 0.1) is 6.10 Å². The number of thioether (sulfide) groups is 1. The number of β-amino-alcohol motifs (C(OH)–C–C–N with tert-alkyl or cyclic N) is 1. The van der Waals surface area contributed by atoms with Gasteiger partial charge in [0, 0.05) is 38.5 Å². The number of aliphatic hydroxyl groups is 1. The molecule has 1 rings (SSSR count). The molecule has 0 spiro atoms. The Labute approximate surface area is 91.2 Å². The lowest BCUT2D eigenvalue weighted by Gasteiger charge is -2.29. The summed E-state index contributed by atoms with van der Waals surface area (Å²) < 4.78 is 0. The summed E-state index contributed by atoms with van der Waals surface area (Å²) in [4.78, 5) is 2.34. The van der Waals surface area contributed by atoms with Gasteiger partial charge in [-0.25, -0.2) is 0 Å². The van der Waals surface area contributed by atoms with Crippen molar-refractivity contribution >= 4 is 11.8 Å². The zero-order valence-corrected chi connectivity index (χ0v) is 10.0. The number of nitrogens with zero attached hydrogens (tertiary/aromatic N) is 1. The summed E-state index contributed by atoms with van der Waals surface area (Å²) >= 11 is 1.84. The molecule has 0 aliphatic carbocycles. The lowest BCUT2D eigenvalue weighted by molar-refractivity contribution is 0.121. The van der Waals surface area contributed by atoms with E-state index < -0.39 is 0 Å². The van der Waals surface area contributed by atoms with Gasteiger partial charge in [0.1, 0.15) is 0 Å². The molecule has 1 aliphatic rings. The number of aliphatic hydroxyl groups excluding tert-OH is 1. The van der Waals surface area contributed by atoms with Crippen LogP contribution in [0.4, 0.5) is 0 Å². The van der Waals surface area contributed by atoms with Gasteiger partial charge in [-0.05, 0) is 5.25 Å². The highest BCUT2D eigenvalue weighted by molar-refractivity contribution is 7.99. The van der Waals surface area contributed by atoms with Gasteiger partial charge in [0.2, 0.25) is 0 Å². The summed E-state index contributed by atoms with van der Waals surface area (Å²) in [6, 6.07) is 0. The third-order valence-electron chi connectivity index (χ3n) is 2.30. The molecule has 0 radical (unpaired) electrons. The molecule has 1 unspecified atom stereocenters. The summed E-state index contributed by atoms with van der Waals surface area (Å²) in [5.74, 6) is 0.863. The Bertz CT molecular complexity index is 149. The van der Waals surface area contributed by atoms with Crippen LogP contribution in [-0.2, 0) is 0 Å². The van der Waals surface area contributed by atoms with Crippen LogP contribution in [0.15, 0.2) is 0 Å². The van der Waals surface area contributed by atoms with Crippen LogP contribution < -0.4 is 5.32 Å². The van der Waals surface area contributed by atoms with E-state index in [1.54, 1.807) is 0 Å². The Balaban J connectivity index is 2.09. The van der Waals surface area contributed by atoms with E-state index in [2.05, 4.69) is 24.1 Å². The zero-order chi connectivity index (χ0) is 10.4. The van der Waals surface area contributed by atoms with Gasteiger partial charge in [-0.3, -0.25) is 4.90 Å². The molecule has 0 bridgehead atoms. The number of rotatable bonds is 5. The van der Waals surface area contributed by atoms with Crippen LogP contribution in [-0.4, -0.2) is 59.8 Å². The largest absolute Gasteiger partial charge is 0.391 e. The van der Waals surface area contributed by atoms with Crippen molar-refractivity contribution in [3.63, 3.8) is 0 Å². The van der Waals surface area contributed by atoms with Crippen LogP contribution in [0.5, 0.6) is 0 Å². The van der Waals surface area contributed by atoms with Crippen molar-refractivity contribution in [1.82, 2.24) is 10.2 Å². The topological polar surface area (TPSA) is 35.5 Å². The molecule has 0 aromatic heterocycles. The summed E-state index contributed by atoms with van der Waals surface area (Å²) in [5, 5.41) is 13.7. The first-order valence-corrected chi connectivity index (χ1v) is 6.46. The predicted octanol–water partition coefficient (Wildman–Crippen LogP) is 0.394. The van der Waals surface area contributed by atoms with E-state index >= 15 is 0 Å². The second kappa shape index (κ2) is 6.67. The van der Waals surface area contributed by atoms with Crippen molar-refractivity contribution in [2.45, 2.75) is 25.2 Å². The van der Waals surface area contributed by atoms with Gasteiger partial charge < -0.3 is 10.4 Å². The van der Waals surface area contributed by atoms with E-state index in [1.807, 2.05) is 11.8 Å². The Hall–Kier alpha value is 0.230. The van der Waals surface area contributed by atoms with Gasteiger partial charge in [0.25, 0.3) is 0 Å². The molecule has 1 fully saturated rings. The van der Waals surface area contributed by atoms with Gasteiger partial charge in [-0.2, -0.15) is 11.8 Å². The lowest BCUT2D eigenvalue weighted by Crippen LogP contribution is -2.46. The normalized spacial score (nSPS) is 21.4. The number of piperazine rings is 1. The first-order chi connectivity index (χ1) is 6.68. The van der Waals surface area contributed by atoms with E-state index in [1.165, 1.54) is 0 Å². The van der Waals surface area contributed by atoms with E-state index in [4.69, 9.17) is 0 Å². The minimum atomic E-state index is -0.166. The van der Waals surface area contributed by atoms with Gasteiger partial charge in [-0.15, -0.1) is 0 Å².